The number of hydrogen-bond donors (Lipinski definition) is 1. The number of pyridine rings is 1. The molecule has 0 radical (unpaired) electrons. The zero-order chi connectivity index (χ0) is 17.4. The highest BCUT2D eigenvalue weighted by molar-refractivity contribution is 5.94. The standard InChI is InChI=1S/C19H22N4O/c1-3-11-23(12-4-2)19(24)16-7-10-18(21-14-16)22-17-8-5-15(13-20)6-9-17/h5-10,14H,3-4,11-12H2,1-2H3,(H,21,22). The van der Waals surface area contributed by atoms with E-state index in [0.29, 0.717) is 16.9 Å². The van der Waals surface area contributed by atoms with Gasteiger partial charge in [0.15, 0.2) is 0 Å². The number of aromatic nitrogens is 1. The lowest BCUT2D eigenvalue weighted by molar-refractivity contribution is 0.0755. The molecule has 5 heteroatoms. The minimum atomic E-state index is 0.0242. The molecule has 1 amide bonds. The van der Waals surface area contributed by atoms with E-state index < -0.39 is 0 Å². The van der Waals surface area contributed by atoms with Crippen molar-refractivity contribution in [2.24, 2.45) is 0 Å². The van der Waals surface area contributed by atoms with Crippen molar-refractivity contribution in [1.29, 1.82) is 5.26 Å². The van der Waals surface area contributed by atoms with Crippen molar-refractivity contribution in [1.82, 2.24) is 9.88 Å². The van der Waals surface area contributed by atoms with Gasteiger partial charge in [-0.2, -0.15) is 5.26 Å². The smallest absolute Gasteiger partial charge is 0.255 e. The molecule has 0 saturated carbocycles. The quantitative estimate of drug-likeness (QED) is 0.837. The van der Waals surface area contributed by atoms with Crippen LogP contribution in [0.15, 0.2) is 42.6 Å². The van der Waals surface area contributed by atoms with Crippen LogP contribution in [0.1, 0.15) is 42.6 Å². The maximum atomic E-state index is 12.5. The molecule has 0 spiro atoms. The number of carbonyl (C=O) groups is 1. The number of rotatable bonds is 7. The number of amides is 1. The predicted molar refractivity (Wildman–Crippen MR) is 95.2 cm³/mol. The van der Waals surface area contributed by atoms with Crippen LogP contribution in [0, 0.1) is 11.3 Å². The number of nitriles is 1. The summed E-state index contributed by atoms with van der Waals surface area (Å²) in [5.74, 6) is 0.685. The second-order valence-electron chi connectivity index (χ2n) is 5.54. The van der Waals surface area contributed by atoms with Gasteiger partial charge in [-0.05, 0) is 49.2 Å². The van der Waals surface area contributed by atoms with E-state index >= 15 is 0 Å². The van der Waals surface area contributed by atoms with Gasteiger partial charge in [-0.1, -0.05) is 13.8 Å². The zero-order valence-electron chi connectivity index (χ0n) is 14.1. The predicted octanol–water partition coefficient (Wildman–Crippen LogP) is 3.96. The van der Waals surface area contributed by atoms with Gasteiger partial charge in [0, 0.05) is 25.0 Å². The van der Waals surface area contributed by atoms with Crippen LogP contribution in [-0.2, 0) is 0 Å². The lowest BCUT2D eigenvalue weighted by Crippen LogP contribution is -2.32. The van der Waals surface area contributed by atoms with Crippen molar-refractivity contribution in [2.75, 3.05) is 18.4 Å². The molecule has 1 aromatic heterocycles. The normalized spacial score (nSPS) is 10.0. The van der Waals surface area contributed by atoms with Crippen LogP contribution in [-0.4, -0.2) is 28.9 Å². The Bertz CT molecular complexity index is 696. The number of nitrogens with zero attached hydrogens (tertiary/aromatic N) is 3. The zero-order valence-corrected chi connectivity index (χ0v) is 14.1. The highest BCUT2D eigenvalue weighted by Gasteiger charge is 2.14. The summed E-state index contributed by atoms with van der Waals surface area (Å²) in [4.78, 5) is 18.7. The summed E-state index contributed by atoms with van der Waals surface area (Å²) in [7, 11) is 0. The minimum absolute atomic E-state index is 0.0242. The number of hydrogen-bond acceptors (Lipinski definition) is 4. The minimum Gasteiger partial charge on any atom is -0.340 e. The molecule has 124 valence electrons. The Morgan fingerprint density at radius 3 is 2.29 bits per heavy atom. The van der Waals surface area contributed by atoms with Crippen molar-refractivity contribution in [2.45, 2.75) is 26.7 Å². The van der Waals surface area contributed by atoms with Crippen molar-refractivity contribution < 1.29 is 4.79 Å². The Kier molecular flexibility index (Phi) is 6.32. The summed E-state index contributed by atoms with van der Waals surface area (Å²) in [6, 6.07) is 12.8. The van der Waals surface area contributed by atoms with Crippen LogP contribution in [0.5, 0.6) is 0 Å². The summed E-state index contributed by atoms with van der Waals surface area (Å²) in [6.07, 6.45) is 3.49. The number of nitrogens with one attached hydrogen (secondary N) is 1. The van der Waals surface area contributed by atoms with Crippen LogP contribution in [0.4, 0.5) is 11.5 Å². The molecule has 2 aromatic rings. The number of carbonyl (C=O) groups excluding carboxylic acids is 1. The molecule has 0 bridgehead atoms. The van der Waals surface area contributed by atoms with E-state index in [1.54, 1.807) is 30.5 Å². The fourth-order valence-electron chi connectivity index (χ4n) is 2.41. The lowest BCUT2D eigenvalue weighted by Gasteiger charge is -2.21. The highest BCUT2D eigenvalue weighted by Crippen LogP contribution is 2.16. The molecule has 0 unspecified atom stereocenters. The van der Waals surface area contributed by atoms with E-state index in [0.717, 1.165) is 31.6 Å². The highest BCUT2D eigenvalue weighted by atomic mass is 16.2. The second kappa shape index (κ2) is 8.68. The Hall–Kier alpha value is -2.87. The molecule has 24 heavy (non-hydrogen) atoms. The van der Waals surface area contributed by atoms with E-state index in [1.165, 1.54) is 0 Å². The molecular weight excluding hydrogens is 300 g/mol. The van der Waals surface area contributed by atoms with Gasteiger partial charge in [-0.15, -0.1) is 0 Å². The van der Waals surface area contributed by atoms with E-state index in [-0.39, 0.29) is 5.91 Å². The first-order valence-corrected chi connectivity index (χ1v) is 8.20. The van der Waals surface area contributed by atoms with Crippen LogP contribution in [0.3, 0.4) is 0 Å². The third-order valence-electron chi connectivity index (χ3n) is 3.57. The van der Waals surface area contributed by atoms with Gasteiger partial charge in [0.25, 0.3) is 5.91 Å². The van der Waals surface area contributed by atoms with Gasteiger partial charge in [-0.25, -0.2) is 4.98 Å². The van der Waals surface area contributed by atoms with Gasteiger partial charge in [-0.3, -0.25) is 4.79 Å². The average Bonchev–Trinajstić information content (AvgIpc) is 2.62. The van der Waals surface area contributed by atoms with Crippen LogP contribution in [0.2, 0.25) is 0 Å². The summed E-state index contributed by atoms with van der Waals surface area (Å²) >= 11 is 0. The maximum absolute atomic E-state index is 12.5. The van der Waals surface area contributed by atoms with Gasteiger partial charge in [0.1, 0.15) is 5.82 Å². The first-order valence-electron chi connectivity index (χ1n) is 8.20. The molecular formula is C19H22N4O. The van der Waals surface area contributed by atoms with Gasteiger partial charge in [0.2, 0.25) is 0 Å². The average molecular weight is 322 g/mol. The Labute approximate surface area is 142 Å². The Balaban J connectivity index is 2.06. The van der Waals surface area contributed by atoms with Crippen LogP contribution >= 0.6 is 0 Å². The summed E-state index contributed by atoms with van der Waals surface area (Å²) in [5, 5.41) is 12.0. The molecule has 1 heterocycles. The Morgan fingerprint density at radius 1 is 1.12 bits per heavy atom. The first kappa shape index (κ1) is 17.5. The van der Waals surface area contributed by atoms with Gasteiger partial charge >= 0.3 is 0 Å². The van der Waals surface area contributed by atoms with Crippen molar-refractivity contribution in [3.05, 3.63) is 53.7 Å². The lowest BCUT2D eigenvalue weighted by atomic mass is 10.2. The maximum Gasteiger partial charge on any atom is 0.255 e. The van der Waals surface area contributed by atoms with Gasteiger partial charge in [0.05, 0.1) is 17.2 Å². The summed E-state index contributed by atoms with van der Waals surface area (Å²) in [6.45, 7) is 5.66. The van der Waals surface area contributed by atoms with E-state index in [9.17, 15) is 4.79 Å². The SMILES string of the molecule is CCCN(CCC)C(=O)c1ccc(Nc2ccc(C#N)cc2)nc1. The van der Waals surface area contributed by atoms with E-state index in [4.69, 9.17) is 5.26 Å². The van der Waals surface area contributed by atoms with Crippen molar-refractivity contribution in [3.8, 4) is 6.07 Å². The third kappa shape index (κ3) is 4.56. The molecule has 0 atom stereocenters. The van der Waals surface area contributed by atoms with Crippen LogP contribution < -0.4 is 5.32 Å². The van der Waals surface area contributed by atoms with Crippen LogP contribution in [0.25, 0.3) is 0 Å². The molecule has 0 aliphatic heterocycles. The van der Waals surface area contributed by atoms with Crippen molar-refractivity contribution >= 4 is 17.4 Å². The molecule has 0 saturated heterocycles. The molecule has 0 aliphatic carbocycles. The van der Waals surface area contributed by atoms with Crippen molar-refractivity contribution in [3.63, 3.8) is 0 Å². The molecule has 0 aliphatic rings. The molecule has 2 rings (SSSR count). The molecule has 5 nitrogen and oxygen atoms in total. The molecule has 1 N–H and O–H groups in total. The monoisotopic (exact) mass is 322 g/mol. The fraction of sp³-hybridized carbons (Fsp3) is 0.316. The van der Waals surface area contributed by atoms with E-state index in [1.807, 2.05) is 17.0 Å². The van der Waals surface area contributed by atoms with E-state index in [2.05, 4.69) is 30.2 Å². The summed E-state index contributed by atoms with van der Waals surface area (Å²) < 4.78 is 0. The largest absolute Gasteiger partial charge is 0.340 e. The second-order valence-corrected chi connectivity index (χ2v) is 5.54. The molecule has 0 fully saturated rings. The van der Waals surface area contributed by atoms with Gasteiger partial charge < -0.3 is 10.2 Å². The number of anilines is 2. The first-order chi connectivity index (χ1) is 11.7. The fourth-order valence-corrected chi connectivity index (χ4v) is 2.41. The Morgan fingerprint density at radius 2 is 1.79 bits per heavy atom. The number of benzene rings is 1. The topological polar surface area (TPSA) is 69.0 Å². The third-order valence-corrected chi connectivity index (χ3v) is 3.57. The summed E-state index contributed by atoms with van der Waals surface area (Å²) in [5.41, 5.74) is 2.06. The molecule has 1 aromatic carbocycles.